The third kappa shape index (κ3) is 2.22. The molecule has 3 rings (SSSR count). The molecule has 2 heteroatoms. The number of benzene rings is 1. The largest absolute Gasteiger partial charge is 0.342 e. The quantitative estimate of drug-likeness (QED) is 0.817. The van der Waals surface area contributed by atoms with E-state index in [2.05, 4.69) is 41.3 Å². The lowest BCUT2D eigenvalue weighted by Crippen LogP contribution is -2.00. The number of aromatic amines is 1. The first-order valence-electron chi connectivity index (χ1n) is 7.19. The number of H-pyrrole nitrogens is 1. The Bertz CT molecular complexity index is 716. The van der Waals surface area contributed by atoms with Crippen molar-refractivity contribution in [1.82, 2.24) is 9.97 Å². The lowest BCUT2D eigenvalue weighted by Gasteiger charge is -2.20. The molecule has 1 N–H and O–H groups in total. The summed E-state index contributed by atoms with van der Waals surface area (Å²) in [6.07, 6.45) is 6.69. The van der Waals surface area contributed by atoms with Gasteiger partial charge in [-0.3, -0.25) is 0 Å². The molecule has 1 aliphatic rings. The molecule has 20 heavy (non-hydrogen) atoms. The van der Waals surface area contributed by atoms with Crippen molar-refractivity contribution in [3.63, 3.8) is 0 Å². The molecule has 0 amide bonds. The molecular weight excluding hydrogens is 244 g/mol. The van der Waals surface area contributed by atoms with Crippen LogP contribution in [0.5, 0.6) is 0 Å². The zero-order valence-corrected chi connectivity index (χ0v) is 12.0. The van der Waals surface area contributed by atoms with E-state index in [9.17, 15) is 0 Å². The number of nitrogens with one attached hydrogen (secondary N) is 1. The SMILES string of the molecule is C=C/C(=C1/CCCCC1=C)c1ccc2nc(C)[nH]c2c1. The fourth-order valence-corrected chi connectivity index (χ4v) is 3.01. The van der Waals surface area contributed by atoms with E-state index in [1.165, 1.54) is 35.1 Å². The number of nitrogens with zero attached hydrogens (tertiary/aromatic N) is 1. The van der Waals surface area contributed by atoms with Crippen LogP contribution in [0.3, 0.4) is 0 Å². The summed E-state index contributed by atoms with van der Waals surface area (Å²) in [5, 5.41) is 0. The van der Waals surface area contributed by atoms with E-state index in [-0.39, 0.29) is 0 Å². The van der Waals surface area contributed by atoms with E-state index in [1.807, 2.05) is 13.0 Å². The average Bonchev–Trinajstić information content (AvgIpc) is 2.81. The first kappa shape index (κ1) is 12.9. The van der Waals surface area contributed by atoms with Crippen LogP contribution in [0.25, 0.3) is 16.6 Å². The predicted octanol–water partition coefficient (Wildman–Crippen LogP) is 4.94. The second-order valence-corrected chi connectivity index (χ2v) is 5.46. The third-order valence-corrected chi connectivity index (χ3v) is 4.02. The Kier molecular flexibility index (Phi) is 3.31. The highest BCUT2D eigenvalue weighted by atomic mass is 14.9. The van der Waals surface area contributed by atoms with Gasteiger partial charge in [0.25, 0.3) is 0 Å². The Morgan fingerprint density at radius 1 is 1.30 bits per heavy atom. The number of rotatable bonds is 2. The minimum atomic E-state index is 0.951. The molecule has 1 fully saturated rings. The van der Waals surface area contributed by atoms with Gasteiger partial charge in [-0.2, -0.15) is 0 Å². The maximum atomic E-state index is 4.45. The average molecular weight is 264 g/mol. The van der Waals surface area contributed by atoms with Crippen LogP contribution in [0.1, 0.15) is 37.1 Å². The summed E-state index contributed by atoms with van der Waals surface area (Å²) >= 11 is 0. The highest BCUT2D eigenvalue weighted by Gasteiger charge is 2.15. The summed E-state index contributed by atoms with van der Waals surface area (Å²) in [6, 6.07) is 6.37. The van der Waals surface area contributed by atoms with Gasteiger partial charge in [0.15, 0.2) is 0 Å². The molecule has 0 aliphatic heterocycles. The number of fused-ring (bicyclic) bond motifs is 1. The summed E-state index contributed by atoms with van der Waals surface area (Å²) in [5.41, 5.74) is 7.18. The van der Waals surface area contributed by atoms with Gasteiger partial charge in [-0.05, 0) is 61.4 Å². The van der Waals surface area contributed by atoms with Crippen molar-refractivity contribution in [1.29, 1.82) is 0 Å². The van der Waals surface area contributed by atoms with E-state index in [0.29, 0.717) is 0 Å². The number of aromatic nitrogens is 2. The molecule has 1 heterocycles. The Hall–Kier alpha value is -2.09. The fraction of sp³-hybridized carbons (Fsp3) is 0.278. The number of imidazole rings is 1. The lowest BCUT2D eigenvalue weighted by atomic mass is 9.85. The van der Waals surface area contributed by atoms with E-state index in [0.717, 1.165) is 29.7 Å². The Morgan fingerprint density at radius 3 is 2.85 bits per heavy atom. The van der Waals surface area contributed by atoms with E-state index in [1.54, 1.807) is 0 Å². The molecule has 0 bridgehead atoms. The fourth-order valence-electron chi connectivity index (χ4n) is 3.01. The predicted molar refractivity (Wildman–Crippen MR) is 85.6 cm³/mol. The summed E-state index contributed by atoms with van der Waals surface area (Å²) < 4.78 is 0. The molecule has 1 aliphatic carbocycles. The zero-order valence-electron chi connectivity index (χ0n) is 12.0. The van der Waals surface area contributed by atoms with Crippen LogP contribution in [0.15, 0.2) is 48.6 Å². The molecule has 2 nitrogen and oxygen atoms in total. The third-order valence-electron chi connectivity index (χ3n) is 4.02. The minimum absolute atomic E-state index is 0.951. The first-order valence-corrected chi connectivity index (χ1v) is 7.19. The van der Waals surface area contributed by atoms with Crippen LogP contribution in [0.4, 0.5) is 0 Å². The van der Waals surface area contributed by atoms with Crippen molar-refractivity contribution in [2.24, 2.45) is 0 Å². The maximum absolute atomic E-state index is 4.45. The van der Waals surface area contributed by atoms with Gasteiger partial charge in [0.2, 0.25) is 0 Å². The normalized spacial score (nSPS) is 18.4. The molecule has 0 atom stereocenters. The Balaban J connectivity index is 2.13. The van der Waals surface area contributed by atoms with Gasteiger partial charge in [0.05, 0.1) is 11.0 Å². The molecule has 0 radical (unpaired) electrons. The standard InChI is InChI=1S/C18H20N2/c1-4-15(16-8-6-5-7-12(16)2)14-9-10-17-18(11-14)20-13(3)19-17/h4,9-11H,1-2,5-8H2,3H3,(H,19,20)/b16-15+. The molecule has 0 unspecified atom stereocenters. The first-order chi connectivity index (χ1) is 9.69. The second kappa shape index (κ2) is 5.12. The monoisotopic (exact) mass is 264 g/mol. The van der Waals surface area contributed by atoms with Crippen molar-refractivity contribution in [3.05, 3.63) is 60.0 Å². The summed E-state index contributed by atoms with van der Waals surface area (Å²) in [5.74, 6) is 0.951. The molecule has 0 spiro atoms. The van der Waals surface area contributed by atoms with Crippen LogP contribution >= 0.6 is 0 Å². The molecular formula is C18H20N2. The van der Waals surface area contributed by atoms with E-state index >= 15 is 0 Å². The minimum Gasteiger partial charge on any atom is -0.342 e. The van der Waals surface area contributed by atoms with Gasteiger partial charge in [0, 0.05) is 0 Å². The van der Waals surface area contributed by atoms with Crippen molar-refractivity contribution in [2.75, 3.05) is 0 Å². The van der Waals surface area contributed by atoms with Gasteiger partial charge in [-0.1, -0.05) is 30.9 Å². The van der Waals surface area contributed by atoms with Crippen LogP contribution < -0.4 is 0 Å². The zero-order chi connectivity index (χ0) is 14.1. The van der Waals surface area contributed by atoms with Crippen LogP contribution in [-0.2, 0) is 0 Å². The van der Waals surface area contributed by atoms with Crippen molar-refractivity contribution in [2.45, 2.75) is 32.6 Å². The van der Waals surface area contributed by atoms with E-state index < -0.39 is 0 Å². The van der Waals surface area contributed by atoms with Crippen molar-refractivity contribution < 1.29 is 0 Å². The number of hydrogen-bond acceptors (Lipinski definition) is 1. The molecule has 102 valence electrons. The molecule has 1 saturated carbocycles. The summed E-state index contributed by atoms with van der Waals surface area (Å²) in [4.78, 5) is 7.75. The second-order valence-electron chi connectivity index (χ2n) is 5.46. The van der Waals surface area contributed by atoms with Gasteiger partial charge in [0.1, 0.15) is 5.82 Å². The number of hydrogen-bond donors (Lipinski definition) is 1. The Morgan fingerprint density at radius 2 is 2.10 bits per heavy atom. The number of allylic oxidation sites excluding steroid dienone is 4. The lowest BCUT2D eigenvalue weighted by molar-refractivity contribution is 0.682. The van der Waals surface area contributed by atoms with E-state index in [4.69, 9.17) is 0 Å². The summed E-state index contributed by atoms with van der Waals surface area (Å²) in [6.45, 7) is 10.2. The van der Waals surface area contributed by atoms with Gasteiger partial charge in [-0.25, -0.2) is 4.98 Å². The van der Waals surface area contributed by atoms with Crippen molar-refractivity contribution in [3.8, 4) is 0 Å². The van der Waals surface area contributed by atoms with Crippen molar-refractivity contribution >= 4 is 16.6 Å². The van der Waals surface area contributed by atoms with Crippen LogP contribution in [0, 0.1) is 6.92 Å². The molecule has 1 aromatic carbocycles. The van der Waals surface area contributed by atoms with Gasteiger partial charge >= 0.3 is 0 Å². The topological polar surface area (TPSA) is 28.7 Å². The highest BCUT2D eigenvalue weighted by Crippen LogP contribution is 2.34. The highest BCUT2D eigenvalue weighted by molar-refractivity contribution is 5.86. The summed E-state index contributed by atoms with van der Waals surface area (Å²) in [7, 11) is 0. The van der Waals surface area contributed by atoms with Gasteiger partial charge < -0.3 is 4.98 Å². The Labute approximate surface area is 119 Å². The van der Waals surface area contributed by atoms with Crippen LogP contribution in [0.2, 0.25) is 0 Å². The molecule has 0 saturated heterocycles. The number of aryl methyl sites for hydroxylation is 1. The molecule has 1 aromatic heterocycles. The maximum Gasteiger partial charge on any atom is 0.104 e. The van der Waals surface area contributed by atoms with Gasteiger partial charge in [-0.15, -0.1) is 0 Å². The molecule has 2 aromatic rings. The smallest absolute Gasteiger partial charge is 0.104 e. The van der Waals surface area contributed by atoms with Crippen LogP contribution in [-0.4, -0.2) is 9.97 Å².